The van der Waals surface area contributed by atoms with Crippen molar-refractivity contribution in [3.63, 3.8) is 0 Å². The molecule has 0 radical (unpaired) electrons. The van der Waals surface area contributed by atoms with Gasteiger partial charge in [-0.15, -0.1) is 0 Å². The standard InChI is InChI=1S/C11H17NO3/c1-15-9-5-3-2-4-8-12-10(13)6-7-11(12)14/h6-7H,2-5,8-9H2,1H3. The predicted molar refractivity (Wildman–Crippen MR) is 56.2 cm³/mol. The summed E-state index contributed by atoms with van der Waals surface area (Å²) < 4.78 is 4.93. The summed E-state index contributed by atoms with van der Waals surface area (Å²) in [4.78, 5) is 23.6. The molecule has 0 unspecified atom stereocenters. The molecular formula is C11H17NO3. The van der Waals surface area contributed by atoms with E-state index in [1.165, 1.54) is 17.1 Å². The minimum absolute atomic E-state index is 0.183. The second kappa shape index (κ2) is 6.35. The van der Waals surface area contributed by atoms with Crippen LogP contribution in [0.1, 0.15) is 25.7 Å². The molecule has 0 saturated carbocycles. The average Bonchev–Trinajstić information content (AvgIpc) is 2.54. The Balaban J connectivity index is 2.05. The van der Waals surface area contributed by atoms with E-state index in [0.717, 1.165) is 32.3 Å². The summed E-state index contributed by atoms with van der Waals surface area (Å²) in [5.41, 5.74) is 0. The summed E-state index contributed by atoms with van der Waals surface area (Å²) in [6.07, 6.45) is 6.68. The van der Waals surface area contributed by atoms with Crippen molar-refractivity contribution >= 4 is 11.8 Å². The molecule has 0 aromatic carbocycles. The maximum absolute atomic E-state index is 11.1. The van der Waals surface area contributed by atoms with Crippen LogP contribution in [0.15, 0.2) is 12.2 Å². The highest BCUT2D eigenvalue weighted by atomic mass is 16.5. The van der Waals surface area contributed by atoms with Crippen molar-refractivity contribution in [2.24, 2.45) is 0 Å². The molecule has 15 heavy (non-hydrogen) atoms. The van der Waals surface area contributed by atoms with Crippen molar-refractivity contribution in [3.8, 4) is 0 Å². The van der Waals surface area contributed by atoms with E-state index in [0.29, 0.717) is 6.54 Å². The number of ether oxygens (including phenoxy) is 1. The molecule has 0 aromatic rings. The van der Waals surface area contributed by atoms with Gasteiger partial charge >= 0.3 is 0 Å². The van der Waals surface area contributed by atoms with E-state index in [1.54, 1.807) is 7.11 Å². The summed E-state index contributed by atoms with van der Waals surface area (Å²) in [7, 11) is 1.69. The van der Waals surface area contributed by atoms with Crippen LogP contribution in [0, 0.1) is 0 Å². The molecule has 0 bridgehead atoms. The number of imide groups is 1. The molecular weight excluding hydrogens is 194 g/mol. The number of methoxy groups -OCH3 is 1. The van der Waals surface area contributed by atoms with Crippen molar-refractivity contribution in [1.29, 1.82) is 0 Å². The molecule has 4 heteroatoms. The Morgan fingerprint density at radius 3 is 2.27 bits per heavy atom. The molecule has 1 rings (SSSR count). The van der Waals surface area contributed by atoms with Gasteiger partial charge in [0.15, 0.2) is 0 Å². The van der Waals surface area contributed by atoms with Gasteiger partial charge in [0, 0.05) is 32.4 Å². The third-order valence-corrected chi connectivity index (χ3v) is 2.38. The molecule has 0 saturated heterocycles. The number of rotatable bonds is 7. The summed E-state index contributed by atoms with van der Waals surface area (Å²) >= 11 is 0. The van der Waals surface area contributed by atoms with Crippen LogP contribution in [-0.4, -0.2) is 37.0 Å². The zero-order chi connectivity index (χ0) is 11.1. The summed E-state index contributed by atoms with van der Waals surface area (Å²) in [6, 6.07) is 0. The number of unbranched alkanes of at least 4 members (excludes halogenated alkanes) is 3. The summed E-state index contributed by atoms with van der Waals surface area (Å²) in [6.45, 7) is 1.32. The number of hydrogen-bond acceptors (Lipinski definition) is 3. The van der Waals surface area contributed by atoms with E-state index >= 15 is 0 Å². The van der Waals surface area contributed by atoms with Gasteiger partial charge in [-0.2, -0.15) is 0 Å². The smallest absolute Gasteiger partial charge is 0.253 e. The molecule has 0 atom stereocenters. The topological polar surface area (TPSA) is 46.6 Å². The van der Waals surface area contributed by atoms with Crippen LogP contribution >= 0.6 is 0 Å². The Morgan fingerprint density at radius 2 is 1.67 bits per heavy atom. The molecule has 0 aromatic heterocycles. The van der Waals surface area contributed by atoms with Crippen LogP contribution in [0.3, 0.4) is 0 Å². The molecule has 1 heterocycles. The number of nitrogens with zero attached hydrogens (tertiary/aromatic N) is 1. The van der Waals surface area contributed by atoms with Crippen LogP contribution < -0.4 is 0 Å². The molecule has 1 aliphatic rings. The highest BCUT2D eigenvalue weighted by Gasteiger charge is 2.21. The van der Waals surface area contributed by atoms with E-state index < -0.39 is 0 Å². The first-order valence-corrected chi connectivity index (χ1v) is 5.28. The first-order valence-electron chi connectivity index (χ1n) is 5.28. The Hall–Kier alpha value is -1.16. The maximum Gasteiger partial charge on any atom is 0.253 e. The Morgan fingerprint density at radius 1 is 1.07 bits per heavy atom. The fourth-order valence-corrected chi connectivity index (χ4v) is 1.52. The van der Waals surface area contributed by atoms with Gasteiger partial charge in [-0.25, -0.2) is 0 Å². The van der Waals surface area contributed by atoms with Gasteiger partial charge in [0.05, 0.1) is 0 Å². The van der Waals surface area contributed by atoms with Crippen LogP contribution in [0.2, 0.25) is 0 Å². The largest absolute Gasteiger partial charge is 0.385 e. The fraction of sp³-hybridized carbons (Fsp3) is 0.636. The van der Waals surface area contributed by atoms with Gasteiger partial charge in [0.25, 0.3) is 11.8 Å². The normalized spacial score (nSPS) is 15.4. The van der Waals surface area contributed by atoms with Crippen molar-refractivity contribution in [2.75, 3.05) is 20.3 Å². The monoisotopic (exact) mass is 211 g/mol. The molecule has 84 valence electrons. The molecule has 1 aliphatic heterocycles. The number of hydrogen-bond donors (Lipinski definition) is 0. The van der Waals surface area contributed by atoms with Crippen LogP contribution in [0.5, 0.6) is 0 Å². The highest BCUT2D eigenvalue weighted by Crippen LogP contribution is 2.07. The lowest BCUT2D eigenvalue weighted by atomic mass is 10.2. The summed E-state index contributed by atoms with van der Waals surface area (Å²) in [5.74, 6) is -0.367. The Kier molecular flexibility index (Phi) is 5.04. The van der Waals surface area contributed by atoms with Gasteiger partial charge in [-0.3, -0.25) is 14.5 Å². The number of carbonyl (C=O) groups excluding carboxylic acids is 2. The van der Waals surface area contributed by atoms with E-state index in [-0.39, 0.29) is 11.8 Å². The SMILES string of the molecule is COCCCCCCN1C(=O)C=CC1=O. The highest BCUT2D eigenvalue weighted by molar-refractivity contribution is 6.12. The van der Waals surface area contributed by atoms with Gasteiger partial charge in [-0.1, -0.05) is 12.8 Å². The molecule has 0 N–H and O–H groups in total. The number of carbonyl (C=O) groups is 2. The van der Waals surface area contributed by atoms with Gasteiger partial charge in [-0.05, 0) is 12.8 Å². The van der Waals surface area contributed by atoms with Crippen LogP contribution in [0.4, 0.5) is 0 Å². The molecule has 2 amide bonds. The number of amides is 2. The van der Waals surface area contributed by atoms with Crippen molar-refractivity contribution < 1.29 is 14.3 Å². The fourth-order valence-electron chi connectivity index (χ4n) is 1.52. The Bertz CT molecular complexity index is 243. The van der Waals surface area contributed by atoms with E-state index in [2.05, 4.69) is 0 Å². The van der Waals surface area contributed by atoms with E-state index in [4.69, 9.17) is 4.74 Å². The second-order valence-corrected chi connectivity index (χ2v) is 3.57. The van der Waals surface area contributed by atoms with Gasteiger partial charge in [0.2, 0.25) is 0 Å². The molecule has 4 nitrogen and oxygen atoms in total. The predicted octanol–water partition coefficient (Wildman–Crippen LogP) is 1.12. The lowest BCUT2D eigenvalue weighted by molar-refractivity contribution is -0.136. The third kappa shape index (κ3) is 3.83. The third-order valence-electron chi connectivity index (χ3n) is 2.38. The van der Waals surface area contributed by atoms with Crippen LogP contribution in [0.25, 0.3) is 0 Å². The second-order valence-electron chi connectivity index (χ2n) is 3.57. The minimum Gasteiger partial charge on any atom is -0.385 e. The molecule has 0 spiro atoms. The van der Waals surface area contributed by atoms with Crippen molar-refractivity contribution in [1.82, 2.24) is 4.90 Å². The van der Waals surface area contributed by atoms with Gasteiger partial charge < -0.3 is 4.74 Å². The lowest BCUT2D eigenvalue weighted by Crippen LogP contribution is -2.30. The summed E-state index contributed by atoms with van der Waals surface area (Å²) in [5, 5.41) is 0. The molecule has 0 aliphatic carbocycles. The lowest BCUT2D eigenvalue weighted by Gasteiger charge is -2.12. The quantitative estimate of drug-likeness (QED) is 0.468. The Labute approximate surface area is 89.9 Å². The zero-order valence-corrected chi connectivity index (χ0v) is 9.07. The molecule has 0 fully saturated rings. The van der Waals surface area contributed by atoms with E-state index in [1.807, 2.05) is 0 Å². The minimum atomic E-state index is -0.183. The first kappa shape index (κ1) is 11.9. The first-order chi connectivity index (χ1) is 7.25. The van der Waals surface area contributed by atoms with Crippen LogP contribution in [-0.2, 0) is 14.3 Å². The van der Waals surface area contributed by atoms with Crippen molar-refractivity contribution in [2.45, 2.75) is 25.7 Å². The van der Waals surface area contributed by atoms with Gasteiger partial charge in [0.1, 0.15) is 0 Å². The zero-order valence-electron chi connectivity index (χ0n) is 9.07. The maximum atomic E-state index is 11.1. The van der Waals surface area contributed by atoms with E-state index in [9.17, 15) is 9.59 Å². The average molecular weight is 211 g/mol. The van der Waals surface area contributed by atoms with Crippen molar-refractivity contribution in [3.05, 3.63) is 12.2 Å².